The first-order chi connectivity index (χ1) is 12.9. The number of sulfonamides is 1. The van der Waals surface area contributed by atoms with Gasteiger partial charge in [-0.15, -0.1) is 11.3 Å². The summed E-state index contributed by atoms with van der Waals surface area (Å²) in [6.07, 6.45) is 1.57. The lowest BCUT2D eigenvalue weighted by Crippen LogP contribution is -2.50. The molecular formula is C17H19N3O5S2. The molecule has 2 aliphatic rings. The molecule has 10 heteroatoms. The molecule has 1 saturated heterocycles. The van der Waals surface area contributed by atoms with Crippen molar-refractivity contribution in [3.8, 4) is 11.5 Å². The van der Waals surface area contributed by atoms with Gasteiger partial charge in [-0.1, -0.05) is 0 Å². The molecule has 1 amide bonds. The van der Waals surface area contributed by atoms with Crippen LogP contribution in [0.25, 0.3) is 0 Å². The molecule has 0 atom stereocenters. The number of aromatic nitrogens is 1. The molecule has 27 heavy (non-hydrogen) atoms. The van der Waals surface area contributed by atoms with Crippen LogP contribution in [0.1, 0.15) is 14.7 Å². The number of thiazole rings is 1. The van der Waals surface area contributed by atoms with Crippen LogP contribution in [0.2, 0.25) is 0 Å². The minimum atomic E-state index is -3.66. The van der Waals surface area contributed by atoms with Gasteiger partial charge in [0.05, 0.1) is 16.1 Å². The van der Waals surface area contributed by atoms with E-state index in [1.807, 2.05) is 6.92 Å². The van der Waals surface area contributed by atoms with Crippen molar-refractivity contribution in [1.82, 2.24) is 14.2 Å². The molecule has 1 aromatic heterocycles. The summed E-state index contributed by atoms with van der Waals surface area (Å²) in [6, 6.07) is 4.65. The number of carbonyl (C=O) groups excluding carboxylic acids is 1. The minimum Gasteiger partial charge on any atom is -0.486 e. The highest BCUT2D eigenvalue weighted by Gasteiger charge is 2.31. The number of aryl methyl sites for hydroxylation is 1. The van der Waals surface area contributed by atoms with E-state index in [-0.39, 0.29) is 23.9 Å². The largest absolute Gasteiger partial charge is 0.486 e. The van der Waals surface area contributed by atoms with Gasteiger partial charge in [-0.3, -0.25) is 4.79 Å². The Morgan fingerprint density at radius 1 is 1.11 bits per heavy atom. The number of nitrogens with zero attached hydrogens (tertiary/aromatic N) is 3. The van der Waals surface area contributed by atoms with Crippen LogP contribution in [0, 0.1) is 6.92 Å². The number of benzene rings is 1. The Balaban J connectivity index is 1.46. The van der Waals surface area contributed by atoms with Gasteiger partial charge in [-0.05, 0) is 19.1 Å². The lowest BCUT2D eigenvalue weighted by molar-refractivity contribution is 0.0702. The maximum atomic E-state index is 12.9. The summed E-state index contributed by atoms with van der Waals surface area (Å²) >= 11 is 1.35. The van der Waals surface area contributed by atoms with E-state index in [0.29, 0.717) is 42.7 Å². The van der Waals surface area contributed by atoms with Gasteiger partial charge in [0.2, 0.25) is 10.0 Å². The zero-order valence-electron chi connectivity index (χ0n) is 14.8. The topological polar surface area (TPSA) is 89.0 Å². The van der Waals surface area contributed by atoms with Crippen molar-refractivity contribution in [3.05, 3.63) is 34.3 Å². The van der Waals surface area contributed by atoms with E-state index in [1.165, 1.54) is 27.8 Å². The molecule has 0 saturated carbocycles. The van der Waals surface area contributed by atoms with Crippen LogP contribution < -0.4 is 9.47 Å². The first kappa shape index (κ1) is 18.2. The predicted octanol–water partition coefficient (Wildman–Crippen LogP) is 1.37. The van der Waals surface area contributed by atoms with Gasteiger partial charge in [0.1, 0.15) is 18.1 Å². The number of amides is 1. The Morgan fingerprint density at radius 2 is 1.81 bits per heavy atom. The smallest absolute Gasteiger partial charge is 0.265 e. The predicted molar refractivity (Wildman–Crippen MR) is 98.9 cm³/mol. The quantitative estimate of drug-likeness (QED) is 0.761. The number of hydrogen-bond acceptors (Lipinski definition) is 7. The van der Waals surface area contributed by atoms with Gasteiger partial charge in [0.25, 0.3) is 5.91 Å². The Bertz CT molecular complexity index is 965. The highest BCUT2D eigenvalue weighted by Crippen LogP contribution is 2.33. The molecule has 144 valence electrons. The molecule has 0 N–H and O–H groups in total. The highest BCUT2D eigenvalue weighted by molar-refractivity contribution is 7.89. The summed E-state index contributed by atoms with van der Waals surface area (Å²) in [7, 11) is -3.66. The SMILES string of the molecule is Cc1ncc(C(=O)N2CCN(S(=O)(=O)c3ccc4c(c3)OCCO4)CC2)s1. The number of carbonyl (C=O) groups is 1. The van der Waals surface area contributed by atoms with Crippen molar-refractivity contribution in [2.45, 2.75) is 11.8 Å². The molecule has 0 unspecified atom stereocenters. The first-order valence-corrected chi connectivity index (χ1v) is 10.8. The molecule has 2 aliphatic heterocycles. The lowest BCUT2D eigenvalue weighted by Gasteiger charge is -2.33. The number of ether oxygens (including phenoxy) is 2. The van der Waals surface area contributed by atoms with Crippen molar-refractivity contribution >= 4 is 27.3 Å². The second-order valence-electron chi connectivity index (χ2n) is 6.25. The van der Waals surface area contributed by atoms with Crippen LogP contribution in [-0.2, 0) is 10.0 Å². The van der Waals surface area contributed by atoms with Crippen molar-refractivity contribution < 1.29 is 22.7 Å². The average molecular weight is 409 g/mol. The molecule has 0 spiro atoms. The first-order valence-electron chi connectivity index (χ1n) is 8.57. The van der Waals surface area contributed by atoms with Crippen LogP contribution in [0.3, 0.4) is 0 Å². The van der Waals surface area contributed by atoms with Crippen molar-refractivity contribution in [1.29, 1.82) is 0 Å². The Labute approximate surface area is 161 Å². The van der Waals surface area contributed by atoms with Crippen LogP contribution >= 0.6 is 11.3 Å². The second-order valence-corrected chi connectivity index (χ2v) is 9.42. The third-order valence-corrected chi connectivity index (χ3v) is 7.30. The molecule has 4 rings (SSSR count). The zero-order chi connectivity index (χ0) is 19.0. The van der Waals surface area contributed by atoms with Gasteiger partial charge >= 0.3 is 0 Å². The van der Waals surface area contributed by atoms with Gasteiger partial charge in [0, 0.05) is 32.2 Å². The van der Waals surface area contributed by atoms with Gasteiger partial charge in [-0.25, -0.2) is 13.4 Å². The third kappa shape index (κ3) is 3.52. The van der Waals surface area contributed by atoms with E-state index in [4.69, 9.17) is 9.47 Å². The number of hydrogen-bond donors (Lipinski definition) is 0. The number of rotatable bonds is 3. The van der Waals surface area contributed by atoms with E-state index in [1.54, 1.807) is 17.2 Å². The van der Waals surface area contributed by atoms with Crippen molar-refractivity contribution in [2.24, 2.45) is 0 Å². The fourth-order valence-corrected chi connectivity index (χ4v) is 5.26. The van der Waals surface area contributed by atoms with Crippen molar-refractivity contribution in [3.63, 3.8) is 0 Å². The molecular weight excluding hydrogens is 390 g/mol. The molecule has 0 radical (unpaired) electrons. The van der Waals surface area contributed by atoms with E-state index < -0.39 is 10.0 Å². The minimum absolute atomic E-state index is 0.100. The van der Waals surface area contributed by atoms with Crippen LogP contribution in [0.5, 0.6) is 11.5 Å². The zero-order valence-corrected chi connectivity index (χ0v) is 16.4. The summed E-state index contributed by atoms with van der Waals surface area (Å²) in [5.41, 5.74) is 0. The van der Waals surface area contributed by atoms with E-state index in [9.17, 15) is 13.2 Å². The summed E-state index contributed by atoms with van der Waals surface area (Å²) < 4.78 is 38.2. The van der Waals surface area contributed by atoms with Gasteiger partial charge in [0.15, 0.2) is 11.5 Å². The van der Waals surface area contributed by atoms with Crippen molar-refractivity contribution in [2.75, 3.05) is 39.4 Å². The standard InChI is InChI=1S/C17H19N3O5S2/c1-12-18-11-16(26-12)17(21)19-4-6-20(7-5-19)27(22,23)13-2-3-14-15(10-13)25-9-8-24-14/h2-3,10-11H,4-9H2,1H3. The maximum Gasteiger partial charge on any atom is 0.265 e. The summed E-state index contributed by atoms with van der Waals surface area (Å²) in [5.74, 6) is 0.893. The Morgan fingerprint density at radius 3 is 2.48 bits per heavy atom. The molecule has 1 fully saturated rings. The maximum absolute atomic E-state index is 12.9. The van der Waals surface area contributed by atoms with E-state index in [2.05, 4.69) is 4.98 Å². The summed E-state index contributed by atoms with van der Waals surface area (Å²) in [5, 5.41) is 0.832. The van der Waals surface area contributed by atoms with Crippen LogP contribution in [0.15, 0.2) is 29.3 Å². The molecule has 1 aromatic carbocycles. The lowest BCUT2D eigenvalue weighted by atomic mass is 10.3. The fourth-order valence-electron chi connectivity index (χ4n) is 3.08. The molecule has 0 aliphatic carbocycles. The number of piperazine rings is 1. The molecule has 8 nitrogen and oxygen atoms in total. The van der Waals surface area contributed by atoms with E-state index in [0.717, 1.165) is 5.01 Å². The number of fused-ring (bicyclic) bond motifs is 1. The van der Waals surface area contributed by atoms with E-state index >= 15 is 0 Å². The monoisotopic (exact) mass is 409 g/mol. The Kier molecular flexibility index (Phi) is 4.79. The third-order valence-electron chi connectivity index (χ3n) is 4.51. The van der Waals surface area contributed by atoms with Crippen LogP contribution in [0.4, 0.5) is 0 Å². The fraction of sp³-hybridized carbons (Fsp3) is 0.412. The van der Waals surface area contributed by atoms with Gasteiger partial charge < -0.3 is 14.4 Å². The second kappa shape index (κ2) is 7.10. The summed E-state index contributed by atoms with van der Waals surface area (Å²) in [6.45, 7) is 3.89. The Hall–Kier alpha value is -2.17. The highest BCUT2D eigenvalue weighted by atomic mass is 32.2. The van der Waals surface area contributed by atoms with Gasteiger partial charge in [-0.2, -0.15) is 4.31 Å². The average Bonchev–Trinajstić information content (AvgIpc) is 3.13. The normalized spacial score (nSPS) is 17.7. The molecule has 2 aromatic rings. The van der Waals surface area contributed by atoms with Crippen LogP contribution in [-0.4, -0.2) is 67.9 Å². The molecule has 0 bridgehead atoms. The summed E-state index contributed by atoms with van der Waals surface area (Å²) in [4.78, 5) is 19.0. The molecule has 3 heterocycles.